The molecule has 0 aliphatic carbocycles. The van der Waals surface area contributed by atoms with Gasteiger partial charge in [0.1, 0.15) is 5.60 Å². The van der Waals surface area contributed by atoms with Crippen molar-refractivity contribution in [1.29, 1.82) is 0 Å². The van der Waals surface area contributed by atoms with Crippen molar-refractivity contribution in [1.82, 2.24) is 10.2 Å². The van der Waals surface area contributed by atoms with Gasteiger partial charge in [0, 0.05) is 38.1 Å². The number of fused-ring (bicyclic) bond motifs is 1. The number of piperidine rings is 1. The summed E-state index contributed by atoms with van der Waals surface area (Å²) >= 11 is 0. The molecule has 2 aliphatic heterocycles. The first-order valence-electron chi connectivity index (χ1n) is 10.8. The molecule has 1 N–H and O–H groups in total. The van der Waals surface area contributed by atoms with Crippen LogP contribution in [0.3, 0.4) is 0 Å². The molecule has 1 aromatic rings. The summed E-state index contributed by atoms with van der Waals surface area (Å²) < 4.78 is 28.9. The molecule has 1 aromatic carbocycles. The molecule has 0 radical (unpaired) electrons. The average Bonchev–Trinajstić information content (AvgIpc) is 3.10. The van der Waals surface area contributed by atoms with Crippen LogP contribution in [0.4, 0.5) is 15.3 Å². The summed E-state index contributed by atoms with van der Waals surface area (Å²) in [6, 6.07) is 4.77. The van der Waals surface area contributed by atoms with Crippen LogP contribution in [0, 0.1) is 5.92 Å². The Labute approximate surface area is 184 Å². The van der Waals surface area contributed by atoms with Crippen LogP contribution in [-0.2, 0) is 21.0 Å². The number of rotatable bonds is 4. The highest BCUT2D eigenvalue weighted by Gasteiger charge is 2.28. The third-order valence-electron chi connectivity index (χ3n) is 5.71. The molecule has 172 valence electrons. The normalized spacial score (nSPS) is 17.4. The van der Waals surface area contributed by atoms with Crippen LogP contribution in [-0.4, -0.2) is 63.5 Å². The van der Waals surface area contributed by atoms with Gasteiger partial charge < -0.3 is 15.0 Å². The van der Waals surface area contributed by atoms with E-state index in [1.807, 2.05) is 20.8 Å². The number of likely N-dealkylation sites (tertiary alicyclic amines) is 1. The van der Waals surface area contributed by atoms with E-state index in [-0.39, 0.29) is 17.0 Å². The van der Waals surface area contributed by atoms with Crippen LogP contribution in [0.5, 0.6) is 0 Å². The van der Waals surface area contributed by atoms with E-state index in [0.717, 1.165) is 30.5 Å². The molecular weight excluding hydrogens is 418 g/mol. The van der Waals surface area contributed by atoms with Gasteiger partial charge >= 0.3 is 12.1 Å². The van der Waals surface area contributed by atoms with Crippen molar-refractivity contribution in [3.05, 3.63) is 23.8 Å². The number of sulfone groups is 1. The highest BCUT2D eigenvalue weighted by atomic mass is 32.2. The molecule has 0 bridgehead atoms. The first-order chi connectivity index (χ1) is 14.4. The fourth-order valence-electron chi connectivity index (χ4n) is 4.03. The van der Waals surface area contributed by atoms with Crippen LogP contribution in [0.25, 0.3) is 0 Å². The Kier molecular flexibility index (Phi) is 6.83. The lowest BCUT2D eigenvalue weighted by molar-refractivity contribution is 0.0182. The number of carbonyl (C=O) groups excluding carboxylic acids is 2. The van der Waals surface area contributed by atoms with Crippen molar-refractivity contribution in [2.45, 2.75) is 57.0 Å². The van der Waals surface area contributed by atoms with Crippen molar-refractivity contribution in [3.8, 4) is 0 Å². The predicted molar refractivity (Wildman–Crippen MR) is 119 cm³/mol. The molecular formula is C22H33N3O5S. The monoisotopic (exact) mass is 451 g/mol. The third kappa shape index (κ3) is 6.12. The van der Waals surface area contributed by atoms with Crippen molar-refractivity contribution in [3.63, 3.8) is 0 Å². The first-order valence-corrected chi connectivity index (χ1v) is 12.7. The molecule has 9 heteroatoms. The molecule has 0 aromatic heterocycles. The van der Waals surface area contributed by atoms with E-state index in [0.29, 0.717) is 38.5 Å². The van der Waals surface area contributed by atoms with Crippen molar-refractivity contribution in [2.75, 3.05) is 37.3 Å². The lowest BCUT2D eigenvalue weighted by Gasteiger charge is -2.33. The second-order valence-corrected chi connectivity index (χ2v) is 11.4. The predicted octanol–water partition coefficient (Wildman–Crippen LogP) is 3.20. The SMILES string of the molecule is CC(C)(C)OC(=O)N1CCC(CCNC(=O)N2CCc3cc(S(C)(=O)=O)ccc32)CC1. The molecule has 31 heavy (non-hydrogen) atoms. The number of carbonyl (C=O) groups is 2. The van der Waals surface area contributed by atoms with Gasteiger partial charge in [-0.3, -0.25) is 4.90 Å². The van der Waals surface area contributed by atoms with Crippen LogP contribution in [0.2, 0.25) is 0 Å². The smallest absolute Gasteiger partial charge is 0.410 e. The standard InChI is InChI=1S/C22H33N3O5S/c1-22(2,3)30-21(27)24-12-8-16(9-13-24)7-11-23-20(26)25-14-10-17-15-18(31(4,28)29)5-6-19(17)25/h5-6,15-16H,7-14H2,1-4H3,(H,23,26). The van der Waals surface area contributed by atoms with Crippen molar-refractivity contribution >= 4 is 27.6 Å². The summed E-state index contributed by atoms with van der Waals surface area (Å²) in [6.45, 7) is 8.06. The van der Waals surface area contributed by atoms with Crippen LogP contribution in [0.1, 0.15) is 45.6 Å². The van der Waals surface area contributed by atoms with E-state index >= 15 is 0 Å². The third-order valence-corrected chi connectivity index (χ3v) is 6.83. The minimum Gasteiger partial charge on any atom is -0.444 e. The molecule has 2 heterocycles. The Morgan fingerprint density at radius 2 is 1.84 bits per heavy atom. The second kappa shape index (κ2) is 9.06. The second-order valence-electron chi connectivity index (χ2n) is 9.40. The zero-order valence-corrected chi connectivity index (χ0v) is 19.6. The lowest BCUT2D eigenvalue weighted by Crippen LogP contribution is -2.43. The molecule has 3 rings (SSSR count). The van der Waals surface area contributed by atoms with E-state index in [1.54, 1.807) is 28.0 Å². The summed E-state index contributed by atoms with van der Waals surface area (Å²) in [4.78, 5) is 28.5. The molecule has 8 nitrogen and oxygen atoms in total. The zero-order chi connectivity index (χ0) is 22.8. The number of ether oxygens (including phenoxy) is 1. The molecule has 0 atom stereocenters. The summed E-state index contributed by atoms with van der Waals surface area (Å²) in [5.74, 6) is 0.460. The fourth-order valence-corrected chi connectivity index (χ4v) is 4.70. The molecule has 0 saturated carbocycles. The largest absolute Gasteiger partial charge is 0.444 e. The summed E-state index contributed by atoms with van der Waals surface area (Å²) in [5.41, 5.74) is 1.17. The molecule has 2 aliphatic rings. The number of hydrogen-bond donors (Lipinski definition) is 1. The molecule has 0 spiro atoms. The molecule has 3 amide bonds. The van der Waals surface area contributed by atoms with E-state index in [1.165, 1.54) is 6.26 Å². The lowest BCUT2D eigenvalue weighted by atomic mass is 9.94. The number of amides is 3. The van der Waals surface area contributed by atoms with E-state index < -0.39 is 15.4 Å². The van der Waals surface area contributed by atoms with Gasteiger partial charge in [-0.25, -0.2) is 18.0 Å². The molecule has 1 fully saturated rings. The van der Waals surface area contributed by atoms with E-state index in [4.69, 9.17) is 4.74 Å². The topological polar surface area (TPSA) is 96.0 Å². The van der Waals surface area contributed by atoms with E-state index in [9.17, 15) is 18.0 Å². The van der Waals surface area contributed by atoms with Crippen LogP contribution >= 0.6 is 0 Å². The summed E-state index contributed by atoms with van der Waals surface area (Å²) in [5, 5.41) is 2.99. The van der Waals surface area contributed by atoms with Gasteiger partial charge in [-0.15, -0.1) is 0 Å². The number of nitrogens with zero attached hydrogens (tertiary/aromatic N) is 2. The Bertz CT molecular complexity index is 931. The first kappa shape index (κ1) is 23.4. The number of nitrogens with one attached hydrogen (secondary N) is 1. The quantitative estimate of drug-likeness (QED) is 0.758. The van der Waals surface area contributed by atoms with Gasteiger partial charge in [-0.2, -0.15) is 0 Å². The zero-order valence-electron chi connectivity index (χ0n) is 18.8. The van der Waals surface area contributed by atoms with Crippen LogP contribution < -0.4 is 10.2 Å². The average molecular weight is 452 g/mol. The maximum absolute atomic E-state index is 12.6. The minimum atomic E-state index is -3.26. The molecule has 1 saturated heterocycles. The van der Waals surface area contributed by atoms with Gasteiger partial charge in [0.05, 0.1) is 4.90 Å². The maximum atomic E-state index is 12.6. The highest BCUT2D eigenvalue weighted by Crippen LogP contribution is 2.30. The van der Waals surface area contributed by atoms with Gasteiger partial charge in [0.25, 0.3) is 0 Å². The Balaban J connectivity index is 1.44. The molecule has 0 unspecified atom stereocenters. The van der Waals surface area contributed by atoms with Gasteiger partial charge in [0.15, 0.2) is 9.84 Å². The summed E-state index contributed by atoms with van der Waals surface area (Å²) in [6.07, 6.45) is 4.24. The maximum Gasteiger partial charge on any atom is 0.410 e. The fraction of sp³-hybridized carbons (Fsp3) is 0.636. The van der Waals surface area contributed by atoms with Crippen LogP contribution in [0.15, 0.2) is 23.1 Å². The number of benzene rings is 1. The number of hydrogen-bond acceptors (Lipinski definition) is 5. The number of urea groups is 1. The van der Waals surface area contributed by atoms with Gasteiger partial charge in [-0.1, -0.05) is 0 Å². The summed E-state index contributed by atoms with van der Waals surface area (Å²) in [7, 11) is -3.26. The van der Waals surface area contributed by atoms with Gasteiger partial charge in [-0.05, 0) is 76.1 Å². The number of anilines is 1. The van der Waals surface area contributed by atoms with Crippen molar-refractivity contribution < 1.29 is 22.7 Å². The Morgan fingerprint density at radius 1 is 1.16 bits per heavy atom. The Morgan fingerprint density at radius 3 is 2.45 bits per heavy atom. The van der Waals surface area contributed by atoms with E-state index in [2.05, 4.69) is 5.32 Å². The minimum absolute atomic E-state index is 0.156. The van der Waals surface area contributed by atoms with Gasteiger partial charge in [0.2, 0.25) is 0 Å². The highest BCUT2D eigenvalue weighted by molar-refractivity contribution is 7.90. The van der Waals surface area contributed by atoms with Crippen molar-refractivity contribution in [2.24, 2.45) is 5.92 Å². The Hall–Kier alpha value is -2.29.